The third kappa shape index (κ3) is 4.17. The summed E-state index contributed by atoms with van der Waals surface area (Å²) in [6, 6.07) is 15.3. The van der Waals surface area contributed by atoms with E-state index in [2.05, 4.69) is 20.3 Å². The number of nitrogens with zero attached hydrogens (tertiary/aromatic N) is 3. The number of carboxylic acids is 1. The molecule has 2 aromatic heterocycles. The number of azo groups is 1. The maximum Gasteiger partial charge on any atom is 0.341 e. The summed E-state index contributed by atoms with van der Waals surface area (Å²) in [4.78, 5) is 39.5. The van der Waals surface area contributed by atoms with Gasteiger partial charge in [0.25, 0.3) is 5.56 Å². The number of hydrogen-bond donors (Lipinski definition) is 4. The second-order valence-corrected chi connectivity index (χ2v) is 8.96. The number of nitrogens with one attached hydrogen (secondary N) is 2. The second kappa shape index (κ2) is 9.32. The lowest BCUT2D eigenvalue weighted by Crippen LogP contribution is -2.15. The minimum Gasteiger partial charge on any atom is -0.505 e. The highest BCUT2D eigenvalue weighted by molar-refractivity contribution is 5.93. The number of rotatable bonds is 5. The lowest BCUT2D eigenvalue weighted by atomic mass is 10.0. The number of aromatic amines is 2. The number of carboxylic acid groups (broad SMARTS) is 1. The van der Waals surface area contributed by atoms with Crippen LogP contribution in [0.5, 0.6) is 5.75 Å². The van der Waals surface area contributed by atoms with Crippen LogP contribution >= 0.6 is 0 Å². The van der Waals surface area contributed by atoms with E-state index in [0.717, 1.165) is 17.3 Å². The molecule has 190 valence electrons. The zero-order chi connectivity index (χ0) is 27.1. The number of aromatic carboxylic acids is 1. The molecule has 0 unspecified atom stereocenters. The molecule has 0 atom stereocenters. The van der Waals surface area contributed by atoms with E-state index in [-0.39, 0.29) is 33.6 Å². The van der Waals surface area contributed by atoms with E-state index in [4.69, 9.17) is 0 Å². The topological polar surface area (TPSA) is 153 Å². The highest BCUT2D eigenvalue weighted by Crippen LogP contribution is 2.38. The molecule has 0 radical (unpaired) electrons. The summed E-state index contributed by atoms with van der Waals surface area (Å²) in [6.45, 7) is 5.68. The van der Waals surface area contributed by atoms with Crippen molar-refractivity contribution in [3.05, 3.63) is 104 Å². The number of aromatic nitrogens is 3. The number of aromatic hydroxyl groups is 1. The van der Waals surface area contributed by atoms with Crippen LogP contribution in [0.15, 0.2) is 80.6 Å². The predicted octanol–water partition coefficient (Wildman–Crippen LogP) is 5.42. The summed E-state index contributed by atoms with van der Waals surface area (Å²) in [5.41, 5.74) is 3.71. The molecule has 0 bridgehead atoms. The van der Waals surface area contributed by atoms with E-state index in [1.807, 2.05) is 32.0 Å². The zero-order valence-electron chi connectivity index (χ0n) is 20.7. The molecule has 0 saturated heterocycles. The van der Waals surface area contributed by atoms with Gasteiger partial charge in [0.05, 0.1) is 11.4 Å². The van der Waals surface area contributed by atoms with Crippen molar-refractivity contribution in [3.8, 4) is 22.6 Å². The molecule has 4 N–H and O–H groups in total. The number of aryl methyl sites for hydroxylation is 3. The van der Waals surface area contributed by atoms with Gasteiger partial charge in [-0.2, -0.15) is 0 Å². The van der Waals surface area contributed by atoms with Crippen LogP contribution in [-0.2, 0) is 0 Å². The Morgan fingerprint density at radius 1 is 0.947 bits per heavy atom. The molecule has 0 amide bonds. The summed E-state index contributed by atoms with van der Waals surface area (Å²) in [5.74, 6) is -1.48. The van der Waals surface area contributed by atoms with Crippen molar-refractivity contribution in [1.29, 1.82) is 0 Å². The zero-order valence-corrected chi connectivity index (χ0v) is 20.7. The molecule has 5 aromatic rings. The van der Waals surface area contributed by atoms with Crippen molar-refractivity contribution in [3.63, 3.8) is 0 Å². The Bertz CT molecular complexity index is 1890. The number of H-pyrrole nitrogens is 2. The Labute approximate surface area is 215 Å². The van der Waals surface area contributed by atoms with E-state index in [9.17, 15) is 24.6 Å². The Morgan fingerprint density at radius 2 is 1.74 bits per heavy atom. The number of phenols is 1. The molecule has 2 heterocycles. The van der Waals surface area contributed by atoms with E-state index < -0.39 is 11.4 Å². The number of phenolic OH excluding ortho intramolecular Hbond substituents is 1. The first kappa shape index (κ1) is 24.4. The number of para-hydroxylation sites is 1. The van der Waals surface area contributed by atoms with Crippen LogP contribution in [0.2, 0.25) is 0 Å². The van der Waals surface area contributed by atoms with Crippen LogP contribution in [-0.4, -0.2) is 30.9 Å². The van der Waals surface area contributed by atoms with Crippen molar-refractivity contribution >= 4 is 28.2 Å². The number of fused-ring (bicyclic) bond motifs is 1. The van der Waals surface area contributed by atoms with E-state index >= 15 is 0 Å². The molecule has 0 aliphatic carbocycles. The quantitative estimate of drug-likeness (QED) is 0.233. The molecular weight excluding hydrogens is 486 g/mol. The Hall–Kier alpha value is -5.25. The largest absolute Gasteiger partial charge is 0.505 e. The average molecular weight is 510 g/mol. The van der Waals surface area contributed by atoms with Gasteiger partial charge in [0.15, 0.2) is 11.4 Å². The van der Waals surface area contributed by atoms with Crippen molar-refractivity contribution in [2.24, 2.45) is 10.2 Å². The van der Waals surface area contributed by atoms with Gasteiger partial charge in [0.1, 0.15) is 11.3 Å². The Kier molecular flexibility index (Phi) is 6.00. The van der Waals surface area contributed by atoms with Crippen molar-refractivity contribution in [1.82, 2.24) is 14.8 Å². The third-order valence-electron chi connectivity index (χ3n) is 6.48. The minimum atomic E-state index is -1.31. The number of carbonyl (C=O) groups is 1. The summed E-state index contributed by atoms with van der Waals surface area (Å²) in [6.07, 6.45) is 1.14. The van der Waals surface area contributed by atoms with Crippen molar-refractivity contribution < 1.29 is 15.0 Å². The molecule has 5 rings (SSSR count). The van der Waals surface area contributed by atoms with Crippen LogP contribution < -0.4 is 11.0 Å². The molecule has 0 saturated carbocycles. The maximum atomic E-state index is 13.0. The summed E-state index contributed by atoms with van der Waals surface area (Å²) in [7, 11) is 0. The molecular formula is C28H23N5O5. The first-order chi connectivity index (χ1) is 18.2. The van der Waals surface area contributed by atoms with Crippen molar-refractivity contribution in [2.75, 3.05) is 0 Å². The van der Waals surface area contributed by atoms with Crippen LogP contribution in [0.25, 0.3) is 27.7 Å². The molecule has 10 nitrogen and oxygen atoms in total. The Morgan fingerprint density at radius 3 is 2.47 bits per heavy atom. The van der Waals surface area contributed by atoms with E-state index in [0.29, 0.717) is 28.0 Å². The number of benzene rings is 3. The van der Waals surface area contributed by atoms with Crippen LogP contribution in [0.3, 0.4) is 0 Å². The van der Waals surface area contributed by atoms with Crippen LogP contribution in [0.1, 0.15) is 27.2 Å². The molecule has 3 aromatic carbocycles. The molecule has 0 aliphatic heterocycles. The van der Waals surface area contributed by atoms with Gasteiger partial charge in [-0.15, -0.1) is 10.2 Å². The minimum absolute atomic E-state index is 0.116. The van der Waals surface area contributed by atoms with Gasteiger partial charge in [-0.25, -0.2) is 9.48 Å². The third-order valence-corrected chi connectivity index (χ3v) is 6.48. The SMILES string of the molecule is Cc1ccc(-n2[nH]c(C)c(N=Nc3cccc(-c4ccc5c(=O)c(C(=O)O)c[nH]c5c4)c3O)c2=O)cc1C. The van der Waals surface area contributed by atoms with Gasteiger partial charge in [-0.05, 0) is 67.8 Å². The van der Waals surface area contributed by atoms with Gasteiger partial charge in [0.2, 0.25) is 5.43 Å². The smallest absolute Gasteiger partial charge is 0.341 e. The van der Waals surface area contributed by atoms with Crippen LogP contribution in [0.4, 0.5) is 11.4 Å². The highest BCUT2D eigenvalue weighted by Gasteiger charge is 2.16. The molecule has 0 fully saturated rings. The Balaban J connectivity index is 1.51. The molecule has 10 heteroatoms. The fourth-order valence-electron chi connectivity index (χ4n) is 4.20. The van der Waals surface area contributed by atoms with Gasteiger partial charge in [-0.3, -0.25) is 14.7 Å². The second-order valence-electron chi connectivity index (χ2n) is 8.96. The van der Waals surface area contributed by atoms with Crippen molar-refractivity contribution in [2.45, 2.75) is 20.8 Å². The molecule has 0 spiro atoms. The normalized spacial score (nSPS) is 11.4. The first-order valence-electron chi connectivity index (χ1n) is 11.7. The van der Waals surface area contributed by atoms with Gasteiger partial charge in [-0.1, -0.05) is 24.3 Å². The van der Waals surface area contributed by atoms with Gasteiger partial charge >= 0.3 is 5.97 Å². The van der Waals surface area contributed by atoms with E-state index in [1.54, 1.807) is 37.3 Å². The van der Waals surface area contributed by atoms with Crippen LogP contribution in [0, 0.1) is 20.8 Å². The van der Waals surface area contributed by atoms with E-state index in [1.165, 1.54) is 10.7 Å². The molecule has 0 aliphatic rings. The predicted molar refractivity (Wildman–Crippen MR) is 143 cm³/mol. The molecule has 38 heavy (non-hydrogen) atoms. The summed E-state index contributed by atoms with van der Waals surface area (Å²) in [5, 5.41) is 31.6. The first-order valence-corrected chi connectivity index (χ1v) is 11.7. The number of pyridine rings is 1. The fourth-order valence-corrected chi connectivity index (χ4v) is 4.20. The standard InChI is InChI=1S/C28H23N5O5/c1-14-7-9-18(11-15(14)2)33-27(36)24(16(3)32-33)31-30-22-6-4-5-19(26(22)35)17-8-10-20-23(12-17)29-13-21(25(20)34)28(37)38/h4-13,32,35H,1-3H3,(H,29,34)(H,37,38). The lowest BCUT2D eigenvalue weighted by Gasteiger charge is -2.08. The average Bonchev–Trinajstić information content (AvgIpc) is 3.17. The summed E-state index contributed by atoms with van der Waals surface area (Å²) >= 11 is 0. The summed E-state index contributed by atoms with van der Waals surface area (Å²) < 4.78 is 1.40. The fraction of sp³-hybridized carbons (Fsp3) is 0.107. The monoisotopic (exact) mass is 509 g/mol. The highest BCUT2D eigenvalue weighted by atomic mass is 16.4. The van der Waals surface area contributed by atoms with Gasteiger partial charge in [0, 0.05) is 22.7 Å². The maximum absolute atomic E-state index is 13.0. The van der Waals surface area contributed by atoms with Gasteiger partial charge < -0.3 is 15.2 Å². The lowest BCUT2D eigenvalue weighted by molar-refractivity contribution is 0.0695. The number of hydrogen-bond acceptors (Lipinski definition) is 6.